The SMILES string of the molecule is CC(C)N1CC[C@@H](c2ccc(Cl)cc2)C1. The Balaban J connectivity index is 2.04. The monoisotopic (exact) mass is 223 g/mol. The summed E-state index contributed by atoms with van der Waals surface area (Å²) in [6, 6.07) is 8.99. The number of likely N-dealkylation sites (tertiary alicyclic amines) is 1. The molecule has 0 saturated carbocycles. The van der Waals surface area contributed by atoms with E-state index in [1.54, 1.807) is 0 Å². The van der Waals surface area contributed by atoms with Crippen LogP contribution in [0, 0.1) is 0 Å². The molecule has 1 aromatic carbocycles. The molecule has 1 nitrogen and oxygen atoms in total. The highest BCUT2D eigenvalue weighted by atomic mass is 35.5. The van der Waals surface area contributed by atoms with Gasteiger partial charge in [-0.15, -0.1) is 0 Å². The molecule has 1 saturated heterocycles. The van der Waals surface area contributed by atoms with Crippen LogP contribution in [0.4, 0.5) is 0 Å². The summed E-state index contributed by atoms with van der Waals surface area (Å²) in [5, 5.41) is 0.831. The Kier molecular flexibility index (Phi) is 3.32. The van der Waals surface area contributed by atoms with Gasteiger partial charge in [-0.05, 0) is 50.4 Å². The number of hydrogen-bond donors (Lipinski definition) is 0. The highest BCUT2D eigenvalue weighted by Gasteiger charge is 2.24. The van der Waals surface area contributed by atoms with E-state index in [2.05, 4.69) is 30.9 Å². The van der Waals surface area contributed by atoms with E-state index in [1.807, 2.05) is 12.1 Å². The van der Waals surface area contributed by atoms with E-state index in [9.17, 15) is 0 Å². The molecule has 1 aliphatic rings. The molecule has 0 spiro atoms. The number of nitrogens with zero attached hydrogens (tertiary/aromatic N) is 1. The molecule has 0 aliphatic carbocycles. The molecule has 0 aromatic heterocycles. The third-order valence-electron chi connectivity index (χ3n) is 3.29. The van der Waals surface area contributed by atoms with Gasteiger partial charge in [-0.25, -0.2) is 0 Å². The van der Waals surface area contributed by atoms with Gasteiger partial charge in [0.05, 0.1) is 0 Å². The van der Waals surface area contributed by atoms with Gasteiger partial charge >= 0.3 is 0 Å². The van der Waals surface area contributed by atoms with Crippen molar-refractivity contribution in [3.8, 4) is 0 Å². The number of halogens is 1. The van der Waals surface area contributed by atoms with Gasteiger partial charge < -0.3 is 4.90 Å². The molecule has 2 rings (SSSR count). The maximum absolute atomic E-state index is 5.89. The van der Waals surface area contributed by atoms with Crippen LogP contribution >= 0.6 is 11.6 Å². The summed E-state index contributed by atoms with van der Waals surface area (Å²) in [4.78, 5) is 2.54. The summed E-state index contributed by atoms with van der Waals surface area (Å²) in [5.74, 6) is 0.699. The van der Waals surface area contributed by atoms with Crippen LogP contribution in [0.2, 0.25) is 5.02 Å². The highest BCUT2D eigenvalue weighted by Crippen LogP contribution is 2.28. The minimum absolute atomic E-state index is 0.669. The largest absolute Gasteiger partial charge is 0.300 e. The van der Waals surface area contributed by atoms with E-state index in [-0.39, 0.29) is 0 Å². The molecule has 1 aliphatic heterocycles. The Morgan fingerprint density at radius 1 is 1.27 bits per heavy atom. The fourth-order valence-corrected chi connectivity index (χ4v) is 2.39. The Morgan fingerprint density at radius 2 is 1.93 bits per heavy atom. The average molecular weight is 224 g/mol. The topological polar surface area (TPSA) is 3.24 Å². The van der Waals surface area contributed by atoms with Gasteiger partial charge in [-0.2, -0.15) is 0 Å². The van der Waals surface area contributed by atoms with Gasteiger partial charge in [0.2, 0.25) is 0 Å². The van der Waals surface area contributed by atoms with Crippen molar-refractivity contribution in [1.29, 1.82) is 0 Å². The Hall–Kier alpha value is -0.530. The quantitative estimate of drug-likeness (QED) is 0.742. The molecular formula is C13H18ClN. The lowest BCUT2D eigenvalue weighted by atomic mass is 9.99. The third-order valence-corrected chi connectivity index (χ3v) is 3.54. The van der Waals surface area contributed by atoms with E-state index in [1.165, 1.54) is 25.1 Å². The predicted octanol–water partition coefficient (Wildman–Crippen LogP) is 3.54. The van der Waals surface area contributed by atoms with E-state index in [4.69, 9.17) is 11.6 Å². The summed E-state index contributed by atoms with van der Waals surface area (Å²) in [6.45, 7) is 6.96. The first-order valence-electron chi connectivity index (χ1n) is 5.66. The van der Waals surface area contributed by atoms with Gasteiger partial charge in [0.15, 0.2) is 0 Å². The molecule has 15 heavy (non-hydrogen) atoms. The van der Waals surface area contributed by atoms with Crippen LogP contribution in [0.1, 0.15) is 31.7 Å². The van der Waals surface area contributed by atoms with Gasteiger partial charge in [0.1, 0.15) is 0 Å². The van der Waals surface area contributed by atoms with Gasteiger partial charge in [-0.1, -0.05) is 23.7 Å². The summed E-state index contributed by atoms with van der Waals surface area (Å²) in [6.07, 6.45) is 1.28. The summed E-state index contributed by atoms with van der Waals surface area (Å²) < 4.78 is 0. The molecule has 0 unspecified atom stereocenters. The van der Waals surface area contributed by atoms with E-state index < -0.39 is 0 Å². The standard InChI is InChI=1S/C13H18ClN/c1-10(2)15-8-7-12(9-15)11-3-5-13(14)6-4-11/h3-6,10,12H,7-9H2,1-2H3/t12-/m1/s1. The first-order valence-corrected chi connectivity index (χ1v) is 6.04. The fraction of sp³-hybridized carbons (Fsp3) is 0.538. The fourth-order valence-electron chi connectivity index (χ4n) is 2.26. The first kappa shape index (κ1) is 11.0. The Labute approximate surface area is 97.0 Å². The van der Waals surface area contributed by atoms with Crippen molar-refractivity contribution >= 4 is 11.6 Å². The molecule has 82 valence electrons. The highest BCUT2D eigenvalue weighted by molar-refractivity contribution is 6.30. The van der Waals surface area contributed by atoms with Crippen molar-refractivity contribution in [2.24, 2.45) is 0 Å². The number of rotatable bonds is 2. The zero-order valence-corrected chi connectivity index (χ0v) is 10.2. The van der Waals surface area contributed by atoms with Crippen molar-refractivity contribution in [1.82, 2.24) is 4.90 Å². The second-order valence-corrected chi connectivity index (χ2v) is 5.06. The van der Waals surface area contributed by atoms with Crippen LogP contribution in [0.15, 0.2) is 24.3 Å². The summed E-state index contributed by atoms with van der Waals surface area (Å²) in [5.41, 5.74) is 1.43. The van der Waals surface area contributed by atoms with Gasteiger partial charge in [-0.3, -0.25) is 0 Å². The summed E-state index contributed by atoms with van der Waals surface area (Å²) >= 11 is 5.89. The molecule has 0 amide bonds. The lowest BCUT2D eigenvalue weighted by Gasteiger charge is -2.20. The lowest BCUT2D eigenvalue weighted by molar-refractivity contribution is 0.272. The smallest absolute Gasteiger partial charge is 0.0406 e. The Morgan fingerprint density at radius 3 is 2.47 bits per heavy atom. The minimum atomic E-state index is 0.669. The molecular weight excluding hydrogens is 206 g/mol. The zero-order chi connectivity index (χ0) is 10.8. The second kappa shape index (κ2) is 4.54. The van der Waals surface area contributed by atoms with Gasteiger partial charge in [0.25, 0.3) is 0 Å². The Bertz CT molecular complexity index is 318. The van der Waals surface area contributed by atoms with Crippen LogP contribution in [-0.2, 0) is 0 Å². The van der Waals surface area contributed by atoms with Crippen LogP contribution in [0.25, 0.3) is 0 Å². The van der Waals surface area contributed by atoms with E-state index in [0.717, 1.165) is 5.02 Å². The summed E-state index contributed by atoms with van der Waals surface area (Å²) in [7, 11) is 0. The predicted molar refractivity (Wildman–Crippen MR) is 65.5 cm³/mol. The lowest BCUT2D eigenvalue weighted by Crippen LogP contribution is -2.27. The van der Waals surface area contributed by atoms with Crippen molar-refractivity contribution in [2.75, 3.05) is 13.1 Å². The van der Waals surface area contributed by atoms with Crippen LogP contribution < -0.4 is 0 Å². The average Bonchev–Trinajstić information content (AvgIpc) is 2.68. The molecule has 0 radical (unpaired) electrons. The first-order chi connectivity index (χ1) is 7.16. The normalized spacial score (nSPS) is 22.5. The van der Waals surface area contributed by atoms with Gasteiger partial charge in [0, 0.05) is 17.6 Å². The molecule has 0 bridgehead atoms. The van der Waals surface area contributed by atoms with E-state index >= 15 is 0 Å². The molecule has 0 N–H and O–H groups in total. The maximum Gasteiger partial charge on any atom is 0.0406 e. The van der Waals surface area contributed by atoms with Crippen LogP contribution in [0.5, 0.6) is 0 Å². The molecule has 1 aromatic rings. The number of hydrogen-bond acceptors (Lipinski definition) is 1. The maximum atomic E-state index is 5.89. The minimum Gasteiger partial charge on any atom is -0.300 e. The second-order valence-electron chi connectivity index (χ2n) is 4.63. The van der Waals surface area contributed by atoms with Crippen LogP contribution in [-0.4, -0.2) is 24.0 Å². The molecule has 1 heterocycles. The third kappa shape index (κ3) is 2.53. The molecule has 1 fully saturated rings. The van der Waals surface area contributed by atoms with Crippen molar-refractivity contribution in [3.63, 3.8) is 0 Å². The molecule has 2 heteroatoms. The zero-order valence-electron chi connectivity index (χ0n) is 9.41. The van der Waals surface area contributed by atoms with Crippen molar-refractivity contribution in [2.45, 2.75) is 32.2 Å². The van der Waals surface area contributed by atoms with Crippen LogP contribution in [0.3, 0.4) is 0 Å². The molecule has 1 atom stereocenters. The van der Waals surface area contributed by atoms with Crippen molar-refractivity contribution < 1.29 is 0 Å². The van der Waals surface area contributed by atoms with Crippen molar-refractivity contribution in [3.05, 3.63) is 34.9 Å². The number of benzene rings is 1. The van der Waals surface area contributed by atoms with E-state index in [0.29, 0.717) is 12.0 Å².